The molecule has 0 aliphatic carbocycles. The molecule has 0 spiro atoms. The van der Waals surface area contributed by atoms with E-state index in [-0.39, 0.29) is 28.7 Å². The average Bonchev–Trinajstić information content (AvgIpc) is 2.85. The zero-order valence-electron chi connectivity index (χ0n) is 12.4. The molecule has 1 atom stereocenters. The third-order valence-corrected chi connectivity index (χ3v) is 4.44. The fourth-order valence-corrected chi connectivity index (χ4v) is 2.27. The normalized spacial score (nSPS) is 13.5. The molecule has 0 fully saturated rings. The zero-order chi connectivity index (χ0) is 14.3. The Morgan fingerprint density at radius 1 is 1.40 bits per heavy atom. The van der Waals surface area contributed by atoms with Crippen LogP contribution in [0.1, 0.15) is 26.5 Å². The summed E-state index contributed by atoms with van der Waals surface area (Å²) in [6, 6.07) is 3.74. The lowest BCUT2D eigenvalue weighted by atomic mass is 10.3. The standard InChI is InChI=1S/C13H23N3O2S.HI/c1-13(2,3)19(17)9-7-15-12(14-4)16-10-11-6-5-8-18-11;/h5-6,8H,7,9-10H2,1-4H3,(H2,14,15,16);1H. The van der Waals surface area contributed by atoms with E-state index in [1.54, 1.807) is 13.3 Å². The van der Waals surface area contributed by atoms with Gasteiger partial charge in [-0.1, -0.05) is 0 Å². The van der Waals surface area contributed by atoms with Crippen LogP contribution in [0.4, 0.5) is 0 Å². The van der Waals surface area contributed by atoms with Crippen molar-refractivity contribution in [1.29, 1.82) is 0 Å². The minimum Gasteiger partial charge on any atom is -0.467 e. The van der Waals surface area contributed by atoms with Crippen LogP contribution in [-0.2, 0) is 17.3 Å². The van der Waals surface area contributed by atoms with Gasteiger partial charge in [0.2, 0.25) is 0 Å². The second kappa shape index (κ2) is 9.38. The molecule has 1 aromatic heterocycles. The highest BCUT2D eigenvalue weighted by Crippen LogP contribution is 2.10. The Kier molecular flexibility index (Phi) is 9.11. The van der Waals surface area contributed by atoms with Crippen LogP contribution in [0.2, 0.25) is 0 Å². The van der Waals surface area contributed by atoms with Crippen LogP contribution in [-0.4, -0.2) is 34.3 Å². The van der Waals surface area contributed by atoms with Gasteiger partial charge in [0.25, 0.3) is 0 Å². The van der Waals surface area contributed by atoms with E-state index in [1.807, 2.05) is 32.9 Å². The number of halogens is 1. The largest absolute Gasteiger partial charge is 0.467 e. The van der Waals surface area contributed by atoms with Gasteiger partial charge >= 0.3 is 0 Å². The highest BCUT2D eigenvalue weighted by molar-refractivity contribution is 14.0. The van der Waals surface area contributed by atoms with Crippen LogP contribution in [0, 0.1) is 0 Å². The van der Waals surface area contributed by atoms with Crippen molar-refractivity contribution in [3.8, 4) is 0 Å². The summed E-state index contributed by atoms with van der Waals surface area (Å²) in [6.45, 7) is 7.14. The molecule has 1 heterocycles. The van der Waals surface area contributed by atoms with Gasteiger partial charge in [0.15, 0.2) is 5.96 Å². The van der Waals surface area contributed by atoms with Crippen LogP contribution in [0.25, 0.3) is 0 Å². The van der Waals surface area contributed by atoms with Crippen molar-refractivity contribution in [2.45, 2.75) is 32.1 Å². The first kappa shape index (κ1) is 19.4. The van der Waals surface area contributed by atoms with Crippen molar-refractivity contribution in [1.82, 2.24) is 10.6 Å². The van der Waals surface area contributed by atoms with E-state index in [2.05, 4.69) is 15.6 Å². The van der Waals surface area contributed by atoms with Crippen molar-refractivity contribution in [2.24, 2.45) is 4.99 Å². The van der Waals surface area contributed by atoms with Gasteiger partial charge in [-0.25, -0.2) is 0 Å². The summed E-state index contributed by atoms with van der Waals surface area (Å²) >= 11 is 0. The van der Waals surface area contributed by atoms with Gasteiger partial charge < -0.3 is 15.1 Å². The third kappa shape index (κ3) is 7.28. The summed E-state index contributed by atoms with van der Waals surface area (Å²) in [6.07, 6.45) is 1.64. The molecule has 0 bridgehead atoms. The summed E-state index contributed by atoms with van der Waals surface area (Å²) < 4.78 is 16.9. The molecule has 0 aliphatic rings. The van der Waals surface area contributed by atoms with Gasteiger partial charge in [0.05, 0.1) is 12.8 Å². The SMILES string of the molecule is CN=C(NCCS(=O)C(C)(C)C)NCc1ccco1.I. The first-order chi connectivity index (χ1) is 8.93. The molecule has 0 amide bonds. The molecular weight excluding hydrogens is 389 g/mol. The number of hydrogen-bond donors (Lipinski definition) is 2. The van der Waals surface area contributed by atoms with Gasteiger partial charge in [-0.05, 0) is 32.9 Å². The fraction of sp³-hybridized carbons (Fsp3) is 0.615. The number of rotatable bonds is 5. The van der Waals surface area contributed by atoms with Crippen molar-refractivity contribution >= 4 is 40.7 Å². The van der Waals surface area contributed by atoms with Gasteiger partial charge in [0.1, 0.15) is 5.76 Å². The van der Waals surface area contributed by atoms with Crippen LogP contribution in [0.15, 0.2) is 27.8 Å². The zero-order valence-corrected chi connectivity index (χ0v) is 15.6. The van der Waals surface area contributed by atoms with E-state index in [4.69, 9.17) is 4.42 Å². The smallest absolute Gasteiger partial charge is 0.191 e. The maximum Gasteiger partial charge on any atom is 0.191 e. The molecular formula is C13H24IN3O2S. The van der Waals surface area contributed by atoms with Crippen molar-refractivity contribution in [3.05, 3.63) is 24.2 Å². The predicted octanol–water partition coefficient (Wildman–Crippen LogP) is 2.11. The first-order valence-corrected chi connectivity index (χ1v) is 7.61. The van der Waals surface area contributed by atoms with E-state index in [0.717, 1.165) is 5.76 Å². The van der Waals surface area contributed by atoms with E-state index < -0.39 is 10.8 Å². The summed E-state index contributed by atoms with van der Waals surface area (Å²) in [5.74, 6) is 2.13. The van der Waals surface area contributed by atoms with Gasteiger partial charge in [-0.15, -0.1) is 24.0 Å². The second-order valence-electron chi connectivity index (χ2n) is 5.09. The quantitative estimate of drug-likeness (QED) is 0.441. The molecule has 7 heteroatoms. The Morgan fingerprint density at radius 3 is 2.60 bits per heavy atom. The van der Waals surface area contributed by atoms with Crippen LogP contribution in [0.5, 0.6) is 0 Å². The predicted molar refractivity (Wildman–Crippen MR) is 95.1 cm³/mol. The highest BCUT2D eigenvalue weighted by Gasteiger charge is 2.18. The molecule has 2 N–H and O–H groups in total. The third-order valence-electron chi connectivity index (χ3n) is 2.50. The number of hydrogen-bond acceptors (Lipinski definition) is 3. The molecule has 0 radical (unpaired) electrons. The summed E-state index contributed by atoms with van der Waals surface area (Å²) in [5.41, 5.74) is 0. The van der Waals surface area contributed by atoms with Crippen LogP contribution >= 0.6 is 24.0 Å². The average molecular weight is 413 g/mol. The Morgan fingerprint density at radius 2 is 2.10 bits per heavy atom. The van der Waals surface area contributed by atoms with E-state index in [1.165, 1.54) is 0 Å². The summed E-state index contributed by atoms with van der Waals surface area (Å²) in [4.78, 5) is 4.10. The molecule has 0 saturated heterocycles. The number of nitrogens with one attached hydrogen (secondary N) is 2. The Hall–Kier alpha value is -0.570. The number of aliphatic imine (C=N–C) groups is 1. The number of guanidine groups is 1. The van der Waals surface area contributed by atoms with E-state index in [0.29, 0.717) is 24.8 Å². The summed E-state index contributed by atoms with van der Waals surface area (Å²) in [7, 11) is 0.854. The summed E-state index contributed by atoms with van der Waals surface area (Å²) in [5, 5.41) is 6.27. The van der Waals surface area contributed by atoms with Crippen molar-refractivity contribution in [3.63, 3.8) is 0 Å². The van der Waals surface area contributed by atoms with Gasteiger partial charge in [-0.3, -0.25) is 9.20 Å². The van der Waals surface area contributed by atoms with Gasteiger partial charge in [0, 0.05) is 34.9 Å². The molecule has 116 valence electrons. The van der Waals surface area contributed by atoms with Crippen molar-refractivity contribution < 1.29 is 8.63 Å². The first-order valence-electron chi connectivity index (χ1n) is 6.29. The maximum absolute atomic E-state index is 11.9. The maximum atomic E-state index is 11.9. The lowest BCUT2D eigenvalue weighted by Gasteiger charge is -2.18. The number of nitrogens with zero attached hydrogens (tertiary/aromatic N) is 1. The minimum absolute atomic E-state index is 0. The molecule has 5 nitrogen and oxygen atoms in total. The monoisotopic (exact) mass is 413 g/mol. The van der Waals surface area contributed by atoms with Crippen LogP contribution < -0.4 is 10.6 Å². The number of furan rings is 1. The van der Waals surface area contributed by atoms with E-state index >= 15 is 0 Å². The highest BCUT2D eigenvalue weighted by atomic mass is 127. The van der Waals surface area contributed by atoms with E-state index in [9.17, 15) is 4.21 Å². The van der Waals surface area contributed by atoms with Crippen molar-refractivity contribution in [2.75, 3.05) is 19.3 Å². The Balaban J connectivity index is 0.00000361. The van der Waals surface area contributed by atoms with Gasteiger partial charge in [-0.2, -0.15) is 0 Å². The molecule has 0 saturated carbocycles. The molecule has 1 unspecified atom stereocenters. The molecule has 0 aliphatic heterocycles. The lowest BCUT2D eigenvalue weighted by Crippen LogP contribution is -2.40. The Bertz CT molecular complexity index is 427. The second-order valence-corrected chi connectivity index (χ2v) is 7.42. The molecule has 20 heavy (non-hydrogen) atoms. The fourth-order valence-electron chi connectivity index (χ4n) is 1.37. The Labute approximate surface area is 140 Å². The molecule has 1 aromatic rings. The molecule has 1 rings (SSSR count). The topological polar surface area (TPSA) is 66.6 Å². The molecule has 0 aromatic carbocycles. The lowest BCUT2D eigenvalue weighted by molar-refractivity contribution is 0.501. The minimum atomic E-state index is -0.853. The van der Waals surface area contributed by atoms with Crippen LogP contribution in [0.3, 0.4) is 0 Å².